The molecule has 0 aliphatic heterocycles. The van der Waals surface area contributed by atoms with Crippen molar-refractivity contribution >= 4 is 23.2 Å². The number of rotatable bonds is 3. The largest absolute Gasteiger partial charge is 0.221 e. The summed E-state index contributed by atoms with van der Waals surface area (Å²) in [7, 11) is 0. The Bertz CT molecular complexity index is 489. The summed E-state index contributed by atoms with van der Waals surface area (Å²) < 4.78 is 0. The van der Waals surface area contributed by atoms with Crippen LogP contribution in [0.25, 0.3) is 0 Å². The Balaban J connectivity index is 2.10. The first-order valence-corrected chi connectivity index (χ1v) is 6.15. The second kappa shape index (κ2) is 5.48. The Morgan fingerprint density at radius 2 is 1.53 bits per heavy atom. The molecule has 0 saturated carbocycles. The first kappa shape index (κ1) is 12.3. The topological polar surface area (TPSA) is 25.8 Å². The molecule has 0 N–H and O–H groups in total. The minimum Gasteiger partial charge on any atom is -0.221 e. The lowest BCUT2D eigenvalue weighted by atomic mass is 10.1. The molecule has 1 heterocycles. The zero-order valence-corrected chi connectivity index (χ0v) is 11.0. The van der Waals surface area contributed by atoms with Gasteiger partial charge in [0.25, 0.3) is 0 Å². The number of aryl methyl sites for hydroxylation is 2. The number of benzene rings is 1. The normalized spacial score (nSPS) is 10.5. The van der Waals surface area contributed by atoms with Crippen molar-refractivity contribution in [2.24, 2.45) is 0 Å². The summed E-state index contributed by atoms with van der Waals surface area (Å²) >= 11 is 11.9. The predicted molar refractivity (Wildman–Crippen MR) is 70.6 cm³/mol. The molecule has 2 aromatic rings. The highest BCUT2D eigenvalue weighted by Crippen LogP contribution is 2.20. The summed E-state index contributed by atoms with van der Waals surface area (Å²) in [4.78, 5) is 8.44. The molecule has 0 radical (unpaired) electrons. The van der Waals surface area contributed by atoms with Gasteiger partial charge in [-0.3, -0.25) is 0 Å². The lowest BCUT2D eigenvalue weighted by Crippen LogP contribution is -2.00. The van der Waals surface area contributed by atoms with Gasteiger partial charge in [0.1, 0.15) is 16.1 Å². The number of hydrogen-bond acceptors (Lipinski definition) is 2. The standard InChI is InChI=1S/C13H12Cl2N2/c1-9-12(14)16-11(17-13(9)15)8-7-10-5-3-2-4-6-10/h2-6H,7-8H2,1H3. The van der Waals surface area contributed by atoms with Crippen LogP contribution in [0, 0.1) is 6.92 Å². The van der Waals surface area contributed by atoms with Crippen LogP contribution in [-0.4, -0.2) is 9.97 Å². The van der Waals surface area contributed by atoms with Gasteiger partial charge in [0.05, 0.1) is 0 Å². The zero-order valence-electron chi connectivity index (χ0n) is 9.45. The highest BCUT2D eigenvalue weighted by Gasteiger charge is 2.07. The Kier molecular flexibility index (Phi) is 3.97. The van der Waals surface area contributed by atoms with E-state index in [1.807, 2.05) is 25.1 Å². The Morgan fingerprint density at radius 3 is 2.12 bits per heavy atom. The van der Waals surface area contributed by atoms with Crippen LogP contribution in [0.1, 0.15) is 17.0 Å². The van der Waals surface area contributed by atoms with Crippen molar-refractivity contribution < 1.29 is 0 Å². The maximum absolute atomic E-state index is 5.97. The molecule has 0 unspecified atom stereocenters. The van der Waals surface area contributed by atoms with E-state index in [9.17, 15) is 0 Å². The molecule has 2 rings (SSSR count). The molecule has 0 amide bonds. The monoisotopic (exact) mass is 266 g/mol. The van der Waals surface area contributed by atoms with Crippen LogP contribution in [0.3, 0.4) is 0 Å². The first-order valence-electron chi connectivity index (χ1n) is 5.39. The SMILES string of the molecule is Cc1c(Cl)nc(CCc2ccccc2)nc1Cl. The van der Waals surface area contributed by atoms with E-state index >= 15 is 0 Å². The summed E-state index contributed by atoms with van der Waals surface area (Å²) in [5.41, 5.74) is 1.99. The van der Waals surface area contributed by atoms with Gasteiger partial charge in [-0.1, -0.05) is 53.5 Å². The second-order valence-electron chi connectivity index (χ2n) is 3.83. The highest BCUT2D eigenvalue weighted by atomic mass is 35.5. The minimum atomic E-state index is 0.438. The van der Waals surface area contributed by atoms with Crippen molar-refractivity contribution in [3.63, 3.8) is 0 Å². The summed E-state index contributed by atoms with van der Waals surface area (Å²) in [5.74, 6) is 0.689. The highest BCUT2D eigenvalue weighted by molar-refractivity contribution is 6.34. The minimum absolute atomic E-state index is 0.438. The summed E-state index contributed by atoms with van der Waals surface area (Å²) in [6.45, 7) is 1.81. The molecule has 0 bridgehead atoms. The van der Waals surface area contributed by atoms with Crippen LogP contribution < -0.4 is 0 Å². The smallest absolute Gasteiger partial charge is 0.137 e. The second-order valence-corrected chi connectivity index (χ2v) is 4.55. The van der Waals surface area contributed by atoms with E-state index in [2.05, 4.69) is 22.1 Å². The fourth-order valence-corrected chi connectivity index (χ4v) is 1.94. The van der Waals surface area contributed by atoms with E-state index in [1.54, 1.807) is 0 Å². The van der Waals surface area contributed by atoms with Crippen molar-refractivity contribution in [1.82, 2.24) is 9.97 Å². The number of hydrogen-bond donors (Lipinski definition) is 0. The van der Waals surface area contributed by atoms with Gasteiger partial charge in [0, 0.05) is 12.0 Å². The van der Waals surface area contributed by atoms with E-state index in [0.717, 1.165) is 18.4 Å². The third-order valence-corrected chi connectivity index (χ3v) is 3.29. The molecule has 88 valence electrons. The summed E-state index contributed by atoms with van der Waals surface area (Å²) in [6, 6.07) is 10.2. The van der Waals surface area contributed by atoms with Crippen molar-refractivity contribution in [3.05, 3.63) is 57.6 Å². The first-order chi connectivity index (χ1) is 8.16. The molecule has 0 aliphatic rings. The maximum Gasteiger partial charge on any atom is 0.137 e. The van der Waals surface area contributed by atoms with Gasteiger partial charge in [-0.15, -0.1) is 0 Å². The van der Waals surface area contributed by atoms with Gasteiger partial charge in [0.15, 0.2) is 0 Å². The summed E-state index contributed by atoms with van der Waals surface area (Å²) in [6.07, 6.45) is 1.63. The van der Waals surface area contributed by atoms with Crippen LogP contribution in [0.4, 0.5) is 0 Å². The molecular formula is C13H12Cl2N2. The Morgan fingerprint density at radius 1 is 0.941 bits per heavy atom. The third kappa shape index (κ3) is 3.18. The fourth-order valence-electron chi connectivity index (χ4n) is 1.52. The van der Waals surface area contributed by atoms with E-state index in [-0.39, 0.29) is 0 Å². The van der Waals surface area contributed by atoms with Crippen LogP contribution in [0.15, 0.2) is 30.3 Å². The Labute approximate surface area is 111 Å². The van der Waals surface area contributed by atoms with Crippen LogP contribution >= 0.6 is 23.2 Å². The van der Waals surface area contributed by atoms with Gasteiger partial charge in [-0.2, -0.15) is 0 Å². The molecule has 0 aliphatic carbocycles. The van der Waals surface area contributed by atoms with Gasteiger partial charge in [-0.05, 0) is 18.9 Å². The van der Waals surface area contributed by atoms with E-state index < -0.39 is 0 Å². The van der Waals surface area contributed by atoms with E-state index in [4.69, 9.17) is 23.2 Å². The molecule has 0 spiro atoms. The molecule has 0 fully saturated rings. The molecule has 1 aromatic carbocycles. The average molecular weight is 267 g/mol. The number of nitrogens with zero attached hydrogens (tertiary/aromatic N) is 2. The molecule has 1 aromatic heterocycles. The number of aromatic nitrogens is 2. The third-order valence-electron chi connectivity index (χ3n) is 2.55. The molecule has 2 nitrogen and oxygen atoms in total. The molecule has 0 saturated heterocycles. The zero-order chi connectivity index (χ0) is 12.3. The van der Waals surface area contributed by atoms with Crippen molar-refractivity contribution in [3.8, 4) is 0 Å². The lowest BCUT2D eigenvalue weighted by molar-refractivity contribution is 0.853. The quantitative estimate of drug-likeness (QED) is 0.789. The molecule has 0 atom stereocenters. The van der Waals surface area contributed by atoms with E-state index in [1.165, 1.54) is 5.56 Å². The fraction of sp³-hybridized carbons (Fsp3) is 0.231. The molecule has 4 heteroatoms. The van der Waals surface area contributed by atoms with E-state index in [0.29, 0.717) is 16.1 Å². The number of halogens is 2. The van der Waals surface area contributed by atoms with Crippen molar-refractivity contribution in [2.75, 3.05) is 0 Å². The van der Waals surface area contributed by atoms with Gasteiger partial charge >= 0.3 is 0 Å². The average Bonchev–Trinajstić information content (AvgIpc) is 2.34. The maximum atomic E-state index is 5.97. The van der Waals surface area contributed by atoms with Crippen LogP contribution in [0.5, 0.6) is 0 Å². The molecule has 17 heavy (non-hydrogen) atoms. The van der Waals surface area contributed by atoms with Crippen LogP contribution in [0.2, 0.25) is 10.3 Å². The Hall–Kier alpha value is -1.12. The van der Waals surface area contributed by atoms with Gasteiger partial charge < -0.3 is 0 Å². The summed E-state index contributed by atoms with van der Waals surface area (Å²) in [5, 5.41) is 0.876. The molecular weight excluding hydrogens is 255 g/mol. The van der Waals surface area contributed by atoms with Crippen molar-refractivity contribution in [1.29, 1.82) is 0 Å². The van der Waals surface area contributed by atoms with Gasteiger partial charge in [-0.25, -0.2) is 9.97 Å². The van der Waals surface area contributed by atoms with Crippen molar-refractivity contribution in [2.45, 2.75) is 19.8 Å². The predicted octanol–water partition coefficient (Wildman–Crippen LogP) is 3.88. The lowest BCUT2D eigenvalue weighted by Gasteiger charge is -2.04. The van der Waals surface area contributed by atoms with Crippen LogP contribution in [-0.2, 0) is 12.8 Å². The van der Waals surface area contributed by atoms with Gasteiger partial charge in [0.2, 0.25) is 0 Å².